The molecule has 108 valence electrons. The number of amides is 2. The van der Waals surface area contributed by atoms with Gasteiger partial charge < -0.3 is 20.5 Å². The number of anilines is 2. The summed E-state index contributed by atoms with van der Waals surface area (Å²) in [6.45, 7) is 0. The zero-order valence-corrected chi connectivity index (χ0v) is 11.4. The lowest BCUT2D eigenvalue weighted by atomic mass is 10.1. The van der Waals surface area contributed by atoms with Crippen LogP contribution in [0.2, 0.25) is 0 Å². The van der Waals surface area contributed by atoms with E-state index in [0.717, 1.165) is 0 Å². The van der Waals surface area contributed by atoms with Gasteiger partial charge in [0.2, 0.25) is 11.8 Å². The number of hydrogen-bond donors (Lipinski definition) is 3. The number of imide groups is 1. The summed E-state index contributed by atoms with van der Waals surface area (Å²) < 4.78 is 10.3. The summed E-state index contributed by atoms with van der Waals surface area (Å²) in [7, 11) is 3.04. The van der Waals surface area contributed by atoms with Crippen LogP contribution in [-0.4, -0.2) is 32.1 Å². The van der Waals surface area contributed by atoms with Gasteiger partial charge in [-0.15, -0.1) is 0 Å². The molecule has 1 fully saturated rings. The third-order valence-electron chi connectivity index (χ3n) is 3.12. The minimum atomic E-state index is -0.492. The van der Waals surface area contributed by atoms with E-state index in [1.807, 2.05) is 0 Å². The van der Waals surface area contributed by atoms with Crippen molar-refractivity contribution in [1.82, 2.24) is 5.32 Å². The fourth-order valence-corrected chi connectivity index (χ4v) is 2.04. The molecule has 1 aliphatic heterocycles. The number of piperidine rings is 1. The topological polar surface area (TPSA) is 103 Å². The molecule has 1 aliphatic rings. The van der Waals surface area contributed by atoms with E-state index in [-0.39, 0.29) is 11.8 Å². The second-order valence-corrected chi connectivity index (χ2v) is 4.44. The summed E-state index contributed by atoms with van der Waals surface area (Å²) in [4.78, 5) is 22.8. The summed E-state index contributed by atoms with van der Waals surface area (Å²) >= 11 is 0. The van der Waals surface area contributed by atoms with Crippen LogP contribution in [0.5, 0.6) is 11.5 Å². The largest absolute Gasteiger partial charge is 0.493 e. The van der Waals surface area contributed by atoms with Crippen molar-refractivity contribution in [3.63, 3.8) is 0 Å². The van der Waals surface area contributed by atoms with Crippen LogP contribution in [0, 0.1) is 0 Å². The fourth-order valence-electron chi connectivity index (χ4n) is 2.04. The quantitative estimate of drug-likeness (QED) is 0.548. The van der Waals surface area contributed by atoms with Crippen LogP contribution in [-0.2, 0) is 9.59 Å². The van der Waals surface area contributed by atoms with Gasteiger partial charge in [-0.2, -0.15) is 0 Å². The molecule has 0 aromatic heterocycles. The van der Waals surface area contributed by atoms with Gasteiger partial charge >= 0.3 is 0 Å². The lowest BCUT2D eigenvalue weighted by molar-refractivity contribution is -0.133. The summed E-state index contributed by atoms with van der Waals surface area (Å²) in [6.07, 6.45) is 0.731. The first-order valence-corrected chi connectivity index (χ1v) is 6.17. The van der Waals surface area contributed by atoms with Crippen LogP contribution in [0.3, 0.4) is 0 Å². The van der Waals surface area contributed by atoms with E-state index < -0.39 is 6.04 Å². The van der Waals surface area contributed by atoms with E-state index in [2.05, 4.69) is 10.6 Å². The number of methoxy groups -OCH3 is 2. The van der Waals surface area contributed by atoms with Crippen molar-refractivity contribution in [2.75, 3.05) is 25.3 Å². The maximum absolute atomic E-state index is 11.7. The fraction of sp³-hybridized carbons (Fsp3) is 0.385. The second-order valence-electron chi connectivity index (χ2n) is 4.44. The Balaban J connectivity index is 2.21. The average molecular weight is 279 g/mol. The maximum atomic E-state index is 11.7. The average Bonchev–Trinajstić information content (AvgIpc) is 2.43. The van der Waals surface area contributed by atoms with E-state index in [4.69, 9.17) is 15.2 Å². The first kappa shape index (κ1) is 14.0. The molecular formula is C13H17N3O4. The zero-order valence-electron chi connectivity index (χ0n) is 11.4. The Morgan fingerprint density at radius 2 is 1.90 bits per heavy atom. The van der Waals surface area contributed by atoms with Gasteiger partial charge in [0.1, 0.15) is 6.04 Å². The van der Waals surface area contributed by atoms with E-state index in [1.165, 1.54) is 14.2 Å². The predicted octanol–water partition coefficient (Wildman–Crippen LogP) is 0.503. The van der Waals surface area contributed by atoms with Gasteiger partial charge in [-0.3, -0.25) is 14.9 Å². The van der Waals surface area contributed by atoms with Crippen molar-refractivity contribution in [2.24, 2.45) is 0 Å². The number of nitrogens with one attached hydrogen (secondary N) is 2. The van der Waals surface area contributed by atoms with E-state index in [9.17, 15) is 9.59 Å². The minimum absolute atomic E-state index is 0.256. The standard InChI is InChI=1S/C13H17N3O4/c1-19-10-5-7(14)9(6-11(10)20-2)15-8-3-4-12(17)16-13(8)18/h5-6,8,15H,3-4,14H2,1-2H3,(H,16,17,18). The highest BCUT2D eigenvalue weighted by Gasteiger charge is 2.27. The first-order chi connectivity index (χ1) is 9.55. The highest BCUT2D eigenvalue weighted by Crippen LogP contribution is 2.35. The number of benzene rings is 1. The number of nitrogens with two attached hydrogens (primary N) is 1. The first-order valence-electron chi connectivity index (χ1n) is 6.17. The molecule has 1 aromatic rings. The number of hydrogen-bond acceptors (Lipinski definition) is 6. The number of ether oxygens (including phenoxy) is 2. The lowest BCUT2D eigenvalue weighted by Gasteiger charge is -2.24. The van der Waals surface area contributed by atoms with Crippen molar-refractivity contribution in [1.29, 1.82) is 0 Å². The Hall–Kier alpha value is -2.44. The molecule has 1 heterocycles. The summed E-state index contributed by atoms with van der Waals surface area (Å²) in [5.74, 6) is 0.416. The second kappa shape index (κ2) is 5.68. The molecule has 7 nitrogen and oxygen atoms in total. The molecule has 1 saturated heterocycles. The van der Waals surface area contributed by atoms with E-state index >= 15 is 0 Å². The molecule has 1 atom stereocenters. The van der Waals surface area contributed by atoms with E-state index in [1.54, 1.807) is 12.1 Å². The number of carbonyl (C=O) groups is 2. The van der Waals surface area contributed by atoms with Crippen LogP contribution in [0.1, 0.15) is 12.8 Å². The van der Waals surface area contributed by atoms with E-state index in [0.29, 0.717) is 35.7 Å². The summed E-state index contributed by atoms with van der Waals surface area (Å²) in [5.41, 5.74) is 6.92. The van der Waals surface area contributed by atoms with Gasteiger partial charge in [0.05, 0.1) is 25.6 Å². The van der Waals surface area contributed by atoms with Crippen LogP contribution in [0.25, 0.3) is 0 Å². The third-order valence-corrected chi connectivity index (χ3v) is 3.12. The Morgan fingerprint density at radius 1 is 1.25 bits per heavy atom. The summed E-state index contributed by atoms with van der Waals surface area (Å²) in [6, 6.07) is 2.79. The molecule has 2 rings (SSSR count). The van der Waals surface area contributed by atoms with Crippen LogP contribution in [0.15, 0.2) is 12.1 Å². The molecule has 7 heteroatoms. The monoisotopic (exact) mass is 279 g/mol. The molecule has 1 unspecified atom stereocenters. The van der Waals surface area contributed by atoms with Crippen LogP contribution >= 0.6 is 0 Å². The van der Waals surface area contributed by atoms with Gasteiger partial charge in [-0.25, -0.2) is 0 Å². The molecular weight excluding hydrogens is 262 g/mol. The Kier molecular flexibility index (Phi) is 3.97. The molecule has 0 saturated carbocycles. The van der Waals surface area contributed by atoms with Crippen molar-refractivity contribution in [2.45, 2.75) is 18.9 Å². The molecule has 0 radical (unpaired) electrons. The third kappa shape index (κ3) is 2.76. The van der Waals surface area contributed by atoms with Gasteiger partial charge in [0.25, 0.3) is 0 Å². The van der Waals surface area contributed by atoms with Crippen molar-refractivity contribution >= 4 is 23.2 Å². The Morgan fingerprint density at radius 3 is 2.50 bits per heavy atom. The predicted molar refractivity (Wildman–Crippen MR) is 73.8 cm³/mol. The molecule has 0 spiro atoms. The molecule has 2 amide bonds. The maximum Gasteiger partial charge on any atom is 0.249 e. The van der Waals surface area contributed by atoms with Crippen molar-refractivity contribution in [3.8, 4) is 11.5 Å². The molecule has 0 bridgehead atoms. The molecule has 1 aromatic carbocycles. The van der Waals surface area contributed by atoms with Gasteiger partial charge in [-0.1, -0.05) is 0 Å². The highest BCUT2D eigenvalue weighted by molar-refractivity contribution is 6.01. The Labute approximate surface area is 116 Å². The summed E-state index contributed by atoms with van der Waals surface area (Å²) in [5, 5.41) is 5.30. The van der Waals surface area contributed by atoms with Crippen molar-refractivity contribution < 1.29 is 19.1 Å². The molecule has 20 heavy (non-hydrogen) atoms. The normalized spacial score (nSPS) is 18.4. The zero-order chi connectivity index (χ0) is 14.7. The van der Waals surface area contributed by atoms with Gasteiger partial charge in [0.15, 0.2) is 11.5 Å². The number of rotatable bonds is 4. The number of nitrogen functional groups attached to an aromatic ring is 1. The molecule has 0 aliphatic carbocycles. The SMILES string of the molecule is COc1cc(N)c(NC2CCC(=O)NC2=O)cc1OC. The minimum Gasteiger partial charge on any atom is -0.493 e. The van der Waals surface area contributed by atoms with Crippen molar-refractivity contribution in [3.05, 3.63) is 12.1 Å². The van der Waals surface area contributed by atoms with Crippen LogP contribution in [0.4, 0.5) is 11.4 Å². The van der Waals surface area contributed by atoms with Crippen LogP contribution < -0.4 is 25.8 Å². The lowest BCUT2D eigenvalue weighted by Crippen LogP contribution is -2.47. The highest BCUT2D eigenvalue weighted by atomic mass is 16.5. The number of carbonyl (C=O) groups excluding carboxylic acids is 2. The smallest absolute Gasteiger partial charge is 0.249 e. The van der Waals surface area contributed by atoms with Gasteiger partial charge in [-0.05, 0) is 6.42 Å². The van der Waals surface area contributed by atoms with Gasteiger partial charge in [0, 0.05) is 18.6 Å². The molecule has 4 N–H and O–H groups in total. The Bertz CT molecular complexity index is 545.